The number of hydrogen-bond donors (Lipinski definition) is 2. The molecule has 0 unspecified atom stereocenters. The molecule has 0 aromatic heterocycles. The minimum atomic E-state index is -0.455. The zero-order valence-corrected chi connectivity index (χ0v) is 14.9. The molecule has 2 amide bonds. The second kappa shape index (κ2) is 8.67. The highest BCUT2D eigenvalue weighted by atomic mass is 19.1. The molecule has 5 nitrogen and oxygen atoms in total. The molecule has 1 saturated heterocycles. The lowest BCUT2D eigenvalue weighted by Gasteiger charge is -2.29. The van der Waals surface area contributed by atoms with E-state index in [1.807, 2.05) is 24.3 Å². The molecule has 0 bridgehead atoms. The van der Waals surface area contributed by atoms with Gasteiger partial charge in [0.25, 0.3) is 0 Å². The molecule has 26 heavy (non-hydrogen) atoms. The van der Waals surface area contributed by atoms with E-state index in [-0.39, 0.29) is 11.7 Å². The second-order valence-electron chi connectivity index (χ2n) is 6.32. The largest absolute Gasteiger partial charge is 0.496 e. The summed E-state index contributed by atoms with van der Waals surface area (Å²) in [6.45, 7) is 2.39. The number of methoxy groups -OCH3 is 1. The number of benzene rings is 2. The summed E-state index contributed by atoms with van der Waals surface area (Å²) in [4.78, 5) is 14.6. The Kier molecular flexibility index (Phi) is 6.07. The fourth-order valence-corrected chi connectivity index (χ4v) is 3.35. The molecule has 1 fully saturated rings. The molecular formula is C20H24FN3O2. The van der Waals surface area contributed by atoms with Crippen molar-refractivity contribution in [3.63, 3.8) is 0 Å². The molecule has 0 aliphatic carbocycles. The Balaban J connectivity index is 1.70. The number of carbonyl (C=O) groups excluding carboxylic acids is 1. The van der Waals surface area contributed by atoms with Gasteiger partial charge in [-0.25, -0.2) is 9.18 Å². The van der Waals surface area contributed by atoms with Gasteiger partial charge in [-0.05, 0) is 44.1 Å². The normalized spacial score (nSPS) is 15.5. The van der Waals surface area contributed by atoms with Gasteiger partial charge < -0.3 is 15.4 Å². The Morgan fingerprint density at radius 3 is 2.58 bits per heavy atom. The van der Waals surface area contributed by atoms with Crippen LogP contribution in [0.1, 0.15) is 24.4 Å². The van der Waals surface area contributed by atoms with Crippen LogP contribution in [0.4, 0.5) is 14.9 Å². The molecule has 0 radical (unpaired) electrons. The van der Waals surface area contributed by atoms with Crippen LogP contribution in [0, 0.1) is 5.82 Å². The van der Waals surface area contributed by atoms with Crippen LogP contribution in [0.2, 0.25) is 0 Å². The van der Waals surface area contributed by atoms with Crippen molar-refractivity contribution in [2.45, 2.75) is 18.9 Å². The Morgan fingerprint density at radius 2 is 1.85 bits per heavy atom. The van der Waals surface area contributed by atoms with Crippen molar-refractivity contribution in [2.75, 3.05) is 32.1 Å². The molecule has 1 aliphatic rings. The number of halogens is 1. The van der Waals surface area contributed by atoms with Gasteiger partial charge in [0.1, 0.15) is 11.6 Å². The second-order valence-corrected chi connectivity index (χ2v) is 6.32. The van der Waals surface area contributed by atoms with E-state index in [1.54, 1.807) is 19.2 Å². The lowest BCUT2D eigenvalue weighted by atomic mass is 10.0. The Labute approximate surface area is 153 Å². The van der Waals surface area contributed by atoms with Crippen LogP contribution in [-0.4, -0.2) is 37.7 Å². The average Bonchev–Trinajstić information content (AvgIpc) is 3.19. The molecule has 1 heterocycles. The van der Waals surface area contributed by atoms with Crippen molar-refractivity contribution >= 4 is 11.7 Å². The number of anilines is 1. The lowest BCUT2D eigenvalue weighted by molar-refractivity contribution is 0.224. The number of amides is 2. The topological polar surface area (TPSA) is 53.6 Å². The molecule has 1 atom stereocenters. The lowest BCUT2D eigenvalue weighted by Crippen LogP contribution is -2.38. The monoisotopic (exact) mass is 357 g/mol. The average molecular weight is 357 g/mol. The molecular weight excluding hydrogens is 333 g/mol. The van der Waals surface area contributed by atoms with E-state index in [2.05, 4.69) is 15.5 Å². The summed E-state index contributed by atoms with van der Waals surface area (Å²) in [7, 11) is 1.65. The van der Waals surface area contributed by atoms with Gasteiger partial charge >= 0.3 is 6.03 Å². The summed E-state index contributed by atoms with van der Waals surface area (Å²) in [5.74, 6) is 0.351. The van der Waals surface area contributed by atoms with Gasteiger partial charge in [-0.2, -0.15) is 0 Å². The van der Waals surface area contributed by atoms with Crippen LogP contribution in [0.3, 0.4) is 0 Å². The molecule has 138 valence electrons. The quantitative estimate of drug-likeness (QED) is 0.827. The molecule has 0 saturated carbocycles. The first-order chi connectivity index (χ1) is 12.7. The highest BCUT2D eigenvalue weighted by Gasteiger charge is 2.26. The minimum absolute atomic E-state index is 0.0139. The fraction of sp³-hybridized carbons (Fsp3) is 0.350. The van der Waals surface area contributed by atoms with Crippen LogP contribution in [0.5, 0.6) is 5.75 Å². The van der Waals surface area contributed by atoms with Gasteiger partial charge in [-0.15, -0.1) is 0 Å². The molecule has 6 heteroatoms. The van der Waals surface area contributed by atoms with E-state index in [1.165, 1.54) is 12.1 Å². The van der Waals surface area contributed by atoms with E-state index < -0.39 is 11.8 Å². The third kappa shape index (κ3) is 4.32. The van der Waals surface area contributed by atoms with Crippen LogP contribution >= 0.6 is 0 Å². The smallest absolute Gasteiger partial charge is 0.319 e. The van der Waals surface area contributed by atoms with E-state index >= 15 is 0 Å². The highest BCUT2D eigenvalue weighted by Crippen LogP contribution is 2.31. The van der Waals surface area contributed by atoms with Gasteiger partial charge in [-0.1, -0.05) is 30.3 Å². The van der Waals surface area contributed by atoms with Gasteiger partial charge in [0.15, 0.2) is 0 Å². The van der Waals surface area contributed by atoms with E-state index in [0.717, 1.165) is 37.2 Å². The number of para-hydroxylation sites is 2. The highest BCUT2D eigenvalue weighted by molar-refractivity contribution is 5.89. The number of carbonyl (C=O) groups is 1. The maximum Gasteiger partial charge on any atom is 0.319 e. The summed E-state index contributed by atoms with van der Waals surface area (Å²) < 4.78 is 19.2. The number of nitrogens with zero attached hydrogens (tertiary/aromatic N) is 1. The first kappa shape index (κ1) is 18.2. The Bertz CT molecular complexity index is 747. The van der Waals surface area contributed by atoms with E-state index in [9.17, 15) is 9.18 Å². The van der Waals surface area contributed by atoms with Crippen molar-refractivity contribution in [3.8, 4) is 5.75 Å². The summed E-state index contributed by atoms with van der Waals surface area (Å²) in [6, 6.07) is 13.6. The number of rotatable bonds is 6. The molecule has 2 N–H and O–H groups in total. The standard InChI is InChI=1S/C20H24FN3O2/c1-26-19-11-5-2-8-15(19)18(24-12-6-7-13-24)14-22-20(25)23-17-10-4-3-9-16(17)21/h2-5,8-11,18H,6-7,12-14H2,1H3,(H2,22,23,25)/t18-/m0/s1. The molecule has 0 spiro atoms. The fourth-order valence-electron chi connectivity index (χ4n) is 3.35. The molecule has 2 aromatic carbocycles. The maximum atomic E-state index is 13.7. The Morgan fingerprint density at radius 1 is 1.15 bits per heavy atom. The van der Waals surface area contributed by atoms with Crippen LogP contribution in [0.15, 0.2) is 48.5 Å². The van der Waals surface area contributed by atoms with Crippen molar-refractivity contribution in [3.05, 3.63) is 59.9 Å². The number of ether oxygens (including phenoxy) is 1. The zero-order chi connectivity index (χ0) is 18.4. The van der Waals surface area contributed by atoms with Crippen molar-refractivity contribution in [2.24, 2.45) is 0 Å². The predicted molar refractivity (Wildman–Crippen MR) is 100.0 cm³/mol. The van der Waals surface area contributed by atoms with Crippen LogP contribution in [-0.2, 0) is 0 Å². The van der Waals surface area contributed by atoms with Crippen molar-refractivity contribution in [1.82, 2.24) is 10.2 Å². The van der Waals surface area contributed by atoms with Crippen molar-refractivity contribution < 1.29 is 13.9 Å². The first-order valence-electron chi connectivity index (χ1n) is 8.85. The predicted octanol–water partition coefficient (Wildman–Crippen LogP) is 3.79. The van der Waals surface area contributed by atoms with Gasteiger partial charge in [0, 0.05) is 12.1 Å². The maximum absolute atomic E-state index is 13.7. The van der Waals surface area contributed by atoms with Crippen LogP contribution < -0.4 is 15.4 Å². The minimum Gasteiger partial charge on any atom is -0.496 e. The SMILES string of the molecule is COc1ccccc1[C@H](CNC(=O)Nc1ccccc1F)N1CCCC1. The summed E-state index contributed by atoms with van der Waals surface area (Å²) >= 11 is 0. The summed E-state index contributed by atoms with van der Waals surface area (Å²) in [5.41, 5.74) is 1.21. The van der Waals surface area contributed by atoms with E-state index in [4.69, 9.17) is 4.74 Å². The third-order valence-electron chi connectivity index (χ3n) is 4.66. The summed E-state index contributed by atoms with van der Waals surface area (Å²) in [6.07, 6.45) is 2.29. The zero-order valence-electron chi connectivity index (χ0n) is 14.9. The third-order valence-corrected chi connectivity index (χ3v) is 4.66. The van der Waals surface area contributed by atoms with Gasteiger partial charge in [0.05, 0.1) is 18.8 Å². The number of likely N-dealkylation sites (tertiary alicyclic amines) is 1. The molecule has 2 aromatic rings. The number of hydrogen-bond acceptors (Lipinski definition) is 3. The Hall–Kier alpha value is -2.60. The molecule has 3 rings (SSSR count). The van der Waals surface area contributed by atoms with Crippen molar-refractivity contribution in [1.29, 1.82) is 0 Å². The first-order valence-corrected chi connectivity index (χ1v) is 8.85. The number of nitrogens with one attached hydrogen (secondary N) is 2. The van der Waals surface area contributed by atoms with Gasteiger partial charge in [0.2, 0.25) is 0 Å². The summed E-state index contributed by atoms with van der Waals surface area (Å²) in [5, 5.41) is 5.43. The van der Waals surface area contributed by atoms with Crippen LogP contribution in [0.25, 0.3) is 0 Å². The number of urea groups is 1. The molecule has 1 aliphatic heterocycles. The van der Waals surface area contributed by atoms with Gasteiger partial charge in [-0.3, -0.25) is 4.90 Å². The van der Waals surface area contributed by atoms with E-state index in [0.29, 0.717) is 6.54 Å².